The third-order valence-corrected chi connectivity index (χ3v) is 4.81. The Hall–Kier alpha value is -3.40. The maximum Gasteiger partial charge on any atom is 0.303 e. The van der Waals surface area contributed by atoms with Crippen molar-refractivity contribution in [2.45, 2.75) is 25.7 Å². The zero-order valence-electron chi connectivity index (χ0n) is 16.5. The van der Waals surface area contributed by atoms with E-state index in [0.29, 0.717) is 6.42 Å². The molecule has 148 valence electrons. The van der Waals surface area contributed by atoms with Crippen molar-refractivity contribution in [3.8, 4) is 0 Å². The standard InChI is InChI=1S/C25H25NO3/c1-29-26-25(22-5-3-2-4-6-22)23-16-13-21(14-17-23)12-9-19-7-10-20(11-8-19)15-18-24(27)28/h2-8,10-11,13-14,16-17H,9,12,15,18H2,1H3,(H,27,28)/b26-25-. The number of benzene rings is 3. The third kappa shape index (κ3) is 6.04. The summed E-state index contributed by atoms with van der Waals surface area (Å²) in [5, 5.41) is 13.0. The van der Waals surface area contributed by atoms with E-state index in [-0.39, 0.29) is 6.42 Å². The first-order chi connectivity index (χ1) is 14.2. The number of nitrogens with zero attached hydrogens (tertiary/aromatic N) is 1. The number of oxime groups is 1. The summed E-state index contributed by atoms with van der Waals surface area (Å²) < 4.78 is 0. The second-order valence-electron chi connectivity index (χ2n) is 6.90. The quantitative estimate of drug-likeness (QED) is 0.420. The smallest absolute Gasteiger partial charge is 0.303 e. The fourth-order valence-electron chi connectivity index (χ4n) is 3.20. The fraction of sp³-hybridized carbons (Fsp3) is 0.200. The van der Waals surface area contributed by atoms with Crippen LogP contribution in [0.25, 0.3) is 0 Å². The molecule has 0 unspecified atom stereocenters. The van der Waals surface area contributed by atoms with E-state index in [1.54, 1.807) is 7.11 Å². The molecule has 3 aromatic rings. The summed E-state index contributed by atoms with van der Waals surface area (Å²) in [6.45, 7) is 0. The van der Waals surface area contributed by atoms with E-state index in [0.717, 1.165) is 35.2 Å². The van der Waals surface area contributed by atoms with Crippen LogP contribution in [-0.4, -0.2) is 23.9 Å². The molecule has 0 aromatic heterocycles. The molecule has 0 bridgehead atoms. The molecule has 0 fully saturated rings. The summed E-state index contributed by atoms with van der Waals surface area (Å²) in [6, 6.07) is 26.6. The number of carboxylic acid groups (broad SMARTS) is 1. The first kappa shape index (κ1) is 20.3. The predicted octanol–water partition coefficient (Wildman–Crippen LogP) is 4.89. The largest absolute Gasteiger partial charge is 0.481 e. The Balaban J connectivity index is 1.62. The number of carboxylic acids is 1. The highest BCUT2D eigenvalue weighted by Gasteiger charge is 2.08. The summed E-state index contributed by atoms with van der Waals surface area (Å²) in [7, 11) is 1.56. The second kappa shape index (κ2) is 10.2. The van der Waals surface area contributed by atoms with E-state index in [1.807, 2.05) is 42.5 Å². The van der Waals surface area contributed by atoms with E-state index in [4.69, 9.17) is 9.94 Å². The number of carbonyl (C=O) groups is 1. The van der Waals surface area contributed by atoms with E-state index in [9.17, 15) is 4.79 Å². The molecule has 1 N–H and O–H groups in total. The summed E-state index contributed by atoms with van der Waals surface area (Å²) in [5.74, 6) is -0.761. The van der Waals surface area contributed by atoms with Crippen LogP contribution in [0, 0.1) is 0 Å². The second-order valence-corrected chi connectivity index (χ2v) is 6.90. The first-order valence-corrected chi connectivity index (χ1v) is 9.71. The molecule has 3 aromatic carbocycles. The highest BCUT2D eigenvalue weighted by Crippen LogP contribution is 2.15. The molecule has 29 heavy (non-hydrogen) atoms. The summed E-state index contributed by atoms with van der Waals surface area (Å²) in [5.41, 5.74) is 6.42. The minimum Gasteiger partial charge on any atom is -0.481 e. The predicted molar refractivity (Wildman–Crippen MR) is 115 cm³/mol. The molecule has 0 heterocycles. The van der Waals surface area contributed by atoms with Gasteiger partial charge in [0.2, 0.25) is 0 Å². The van der Waals surface area contributed by atoms with Crippen molar-refractivity contribution in [3.05, 3.63) is 107 Å². The van der Waals surface area contributed by atoms with Gasteiger partial charge in [0.1, 0.15) is 12.8 Å². The number of aryl methyl sites for hydroxylation is 3. The number of hydrogen-bond acceptors (Lipinski definition) is 3. The lowest BCUT2D eigenvalue weighted by Gasteiger charge is -2.08. The third-order valence-electron chi connectivity index (χ3n) is 4.81. The van der Waals surface area contributed by atoms with Crippen molar-refractivity contribution in [2.75, 3.05) is 7.11 Å². The minimum absolute atomic E-state index is 0.170. The van der Waals surface area contributed by atoms with Crippen LogP contribution in [0.1, 0.15) is 34.2 Å². The number of hydrogen-bond donors (Lipinski definition) is 1. The first-order valence-electron chi connectivity index (χ1n) is 9.71. The Morgan fingerprint density at radius 3 is 1.76 bits per heavy atom. The van der Waals surface area contributed by atoms with Gasteiger partial charge in [-0.2, -0.15) is 0 Å². The van der Waals surface area contributed by atoms with Gasteiger partial charge in [-0.3, -0.25) is 4.79 Å². The summed E-state index contributed by atoms with van der Waals surface area (Å²) in [4.78, 5) is 15.7. The van der Waals surface area contributed by atoms with Crippen LogP contribution in [-0.2, 0) is 28.9 Å². The highest BCUT2D eigenvalue weighted by atomic mass is 16.6. The van der Waals surface area contributed by atoms with Crippen LogP contribution >= 0.6 is 0 Å². The van der Waals surface area contributed by atoms with Crippen molar-refractivity contribution < 1.29 is 14.7 Å². The van der Waals surface area contributed by atoms with Crippen LogP contribution in [0.4, 0.5) is 0 Å². The molecule has 0 aliphatic rings. The van der Waals surface area contributed by atoms with Gasteiger partial charge in [-0.1, -0.05) is 84.0 Å². The van der Waals surface area contributed by atoms with Crippen LogP contribution in [0.3, 0.4) is 0 Å². The SMILES string of the molecule is CO/N=C(/c1ccccc1)c1ccc(CCc2ccc(CCC(=O)O)cc2)cc1. The zero-order valence-corrected chi connectivity index (χ0v) is 16.5. The van der Waals surface area contributed by atoms with Crippen molar-refractivity contribution in [2.24, 2.45) is 5.16 Å². The van der Waals surface area contributed by atoms with Gasteiger partial charge in [0.05, 0.1) is 0 Å². The molecule has 4 heteroatoms. The lowest BCUT2D eigenvalue weighted by atomic mass is 9.98. The molecule has 3 rings (SSSR count). The van der Waals surface area contributed by atoms with Crippen LogP contribution < -0.4 is 0 Å². The van der Waals surface area contributed by atoms with Gasteiger partial charge in [0.15, 0.2) is 0 Å². The molecule has 0 amide bonds. The van der Waals surface area contributed by atoms with Gasteiger partial charge < -0.3 is 9.94 Å². The number of rotatable bonds is 9. The lowest BCUT2D eigenvalue weighted by Crippen LogP contribution is -2.04. The number of aliphatic carboxylic acids is 1. The van der Waals surface area contributed by atoms with E-state index in [2.05, 4.69) is 41.6 Å². The molecule has 0 aliphatic carbocycles. The van der Waals surface area contributed by atoms with Gasteiger partial charge in [-0.15, -0.1) is 0 Å². The highest BCUT2D eigenvalue weighted by molar-refractivity contribution is 6.12. The zero-order chi connectivity index (χ0) is 20.5. The van der Waals surface area contributed by atoms with E-state index in [1.165, 1.54) is 11.1 Å². The maximum absolute atomic E-state index is 10.7. The topological polar surface area (TPSA) is 58.9 Å². The molecule has 4 nitrogen and oxygen atoms in total. The van der Waals surface area contributed by atoms with Gasteiger partial charge in [0.25, 0.3) is 0 Å². The van der Waals surface area contributed by atoms with Crippen LogP contribution in [0.2, 0.25) is 0 Å². The molecule has 0 spiro atoms. The van der Waals surface area contributed by atoms with Gasteiger partial charge in [-0.05, 0) is 36.0 Å². The van der Waals surface area contributed by atoms with Crippen molar-refractivity contribution >= 4 is 11.7 Å². The van der Waals surface area contributed by atoms with Crippen molar-refractivity contribution in [3.63, 3.8) is 0 Å². The molecule has 0 aliphatic heterocycles. The fourth-order valence-corrected chi connectivity index (χ4v) is 3.20. The Kier molecular flexibility index (Phi) is 7.17. The summed E-state index contributed by atoms with van der Waals surface area (Å²) in [6.07, 6.45) is 2.62. The Morgan fingerprint density at radius 1 is 0.759 bits per heavy atom. The average Bonchev–Trinajstić information content (AvgIpc) is 2.76. The monoisotopic (exact) mass is 387 g/mol. The van der Waals surface area contributed by atoms with Gasteiger partial charge in [0, 0.05) is 17.5 Å². The van der Waals surface area contributed by atoms with E-state index >= 15 is 0 Å². The molecule has 0 radical (unpaired) electrons. The van der Waals surface area contributed by atoms with Crippen molar-refractivity contribution in [1.82, 2.24) is 0 Å². The molecule has 0 atom stereocenters. The Bertz CT molecular complexity index is 946. The Morgan fingerprint density at radius 2 is 1.24 bits per heavy atom. The van der Waals surface area contributed by atoms with Crippen LogP contribution in [0.15, 0.2) is 84.0 Å². The van der Waals surface area contributed by atoms with Gasteiger partial charge in [-0.25, -0.2) is 0 Å². The van der Waals surface area contributed by atoms with Gasteiger partial charge >= 0.3 is 5.97 Å². The molecular formula is C25H25NO3. The van der Waals surface area contributed by atoms with E-state index < -0.39 is 5.97 Å². The summed E-state index contributed by atoms with van der Waals surface area (Å²) >= 11 is 0. The normalized spacial score (nSPS) is 11.3. The minimum atomic E-state index is -0.761. The molecule has 0 saturated carbocycles. The lowest BCUT2D eigenvalue weighted by molar-refractivity contribution is -0.136. The average molecular weight is 387 g/mol. The maximum atomic E-state index is 10.7. The molecular weight excluding hydrogens is 362 g/mol. The molecule has 0 saturated heterocycles. The van der Waals surface area contributed by atoms with Crippen molar-refractivity contribution in [1.29, 1.82) is 0 Å². The Labute approximate surface area is 171 Å². The van der Waals surface area contributed by atoms with Crippen LogP contribution in [0.5, 0.6) is 0 Å².